The number of carbonyl (C=O) groups excluding carboxylic acids is 1. The van der Waals surface area contributed by atoms with Crippen molar-refractivity contribution >= 4 is 16.7 Å². The van der Waals surface area contributed by atoms with Crippen LogP contribution in [0.2, 0.25) is 0 Å². The first-order valence-corrected chi connectivity index (χ1v) is 8.28. The molecule has 0 saturated heterocycles. The molecule has 1 N–H and O–H groups in total. The van der Waals surface area contributed by atoms with Crippen LogP contribution in [0.15, 0.2) is 59.3 Å². The molecule has 0 radical (unpaired) electrons. The summed E-state index contributed by atoms with van der Waals surface area (Å²) in [6, 6.07) is 15.0. The van der Waals surface area contributed by atoms with E-state index < -0.39 is 6.10 Å². The fourth-order valence-electron chi connectivity index (χ4n) is 3.03. The molecule has 4 rings (SSSR count). The second-order valence-corrected chi connectivity index (χ2v) is 6.06. The van der Waals surface area contributed by atoms with Crippen molar-refractivity contribution in [2.75, 3.05) is 0 Å². The molecule has 0 fully saturated rings. The number of hydrogen-bond acceptors (Lipinski definition) is 5. The Labute approximate surface area is 149 Å². The number of fused-ring (bicyclic) bond motifs is 1. The van der Waals surface area contributed by atoms with Gasteiger partial charge in [0.15, 0.2) is 6.10 Å². The van der Waals surface area contributed by atoms with Gasteiger partial charge in [0.25, 0.3) is 0 Å². The largest absolute Gasteiger partial charge is 0.483 e. The maximum atomic E-state index is 12.9. The number of rotatable bonds is 5. The molecular weight excluding hydrogens is 330 g/mol. The van der Waals surface area contributed by atoms with Crippen LogP contribution < -0.4 is 4.74 Å². The first kappa shape index (κ1) is 16.1. The monoisotopic (exact) mass is 347 g/mol. The van der Waals surface area contributed by atoms with E-state index in [2.05, 4.69) is 15.2 Å². The number of ketones is 1. The highest BCUT2D eigenvalue weighted by Gasteiger charge is 2.22. The van der Waals surface area contributed by atoms with Crippen molar-refractivity contribution in [1.82, 2.24) is 15.2 Å². The number of Topliss-reactive ketones (excluding diaryl/α,β-unsaturated/α-hetero) is 1. The molecule has 0 amide bonds. The second-order valence-electron chi connectivity index (χ2n) is 6.06. The maximum absolute atomic E-state index is 12.9. The van der Waals surface area contributed by atoms with Crippen LogP contribution >= 0.6 is 0 Å². The molecule has 0 saturated carbocycles. The Bertz CT molecular complexity index is 1050. The maximum Gasteiger partial charge on any atom is 0.247 e. The number of hydrogen-bond donors (Lipinski definition) is 1. The molecule has 6 nitrogen and oxygen atoms in total. The lowest BCUT2D eigenvalue weighted by Gasteiger charge is -2.14. The van der Waals surface area contributed by atoms with Crippen molar-refractivity contribution < 1.29 is 13.9 Å². The van der Waals surface area contributed by atoms with E-state index in [9.17, 15) is 4.79 Å². The van der Waals surface area contributed by atoms with Crippen molar-refractivity contribution in [2.45, 2.75) is 20.0 Å². The van der Waals surface area contributed by atoms with Gasteiger partial charge in [-0.3, -0.25) is 4.79 Å². The number of aryl methyl sites for hydroxylation is 1. The lowest BCUT2D eigenvalue weighted by atomic mass is 10.0. The first-order valence-electron chi connectivity index (χ1n) is 8.28. The Morgan fingerprint density at radius 3 is 2.65 bits per heavy atom. The third-order valence-corrected chi connectivity index (χ3v) is 4.28. The van der Waals surface area contributed by atoms with E-state index in [0.717, 1.165) is 22.2 Å². The fraction of sp³-hybridized carbons (Fsp3) is 0.150. The quantitative estimate of drug-likeness (QED) is 0.548. The molecule has 2 aromatic heterocycles. The zero-order chi connectivity index (χ0) is 18.1. The average Bonchev–Trinajstić information content (AvgIpc) is 3.29. The van der Waals surface area contributed by atoms with Gasteiger partial charge in [0.05, 0.1) is 0 Å². The molecule has 130 valence electrons. The van der Waals surface area contributed by atoms with Gasteiger partial charge in [-0.25, -0.2) is 0 Å². The molecule has 0 aliphatic carbocycles. The van der Waals surface area contributed by atoms with E-state index >= 15 is 0 Å². The molecule has 4 aromatic rings. The van der Waals surface area contributed by atoms with Crippen molar-refractivity contribution in [3.8, 4) is 17.2 Å². The minimum atomic E-state index is -0.609. The van der Waals surface area contributed by atoms with Crippen LogP contribution in [0.25, 0.3) is 22.4 Å². The van der Waals surface area contributed by atoms with Gasteiger partial charge >= 0.3 is 0 Å². The van der Waals surface area contributed by atoms with Crippen LogP contribution in [0.1, 0.15) is 23.0 Å². The summed E-state index contributed by atoms with van der Waals surface area (Å²) in [5, 5.41) is 8.44. The number of aromatic amines is 1. The number of benzene rings is 2. The van der Waals surface area contributed by atoms with Crippen molar-refractivity contribution in [3.63, 3.8) is 0 Å². The van der Waals surface area contributed by atoms with E-state index in [4.69, 9.17) is 9.15 Å². The predicted octanol–water partition coefficient (Wildman–Crippen LogP) is 4.18. The van der Waals surface area contributed by atoms with Crippen LogP contribution in [0.3, 0.4) is 0 Å². The van der Waals surface area contributed by atoms with Gasteiger partial charge in [0.1, 0.15) is 5.75 Å². The van der Waals surface area contributed by atoms with Crippen LogP contribution in [-0.2, 0) is 0 Å². The standard InChI is InChI=1S/C20H17N3O3/c1-12-18(16-5-3-4-6-17(16)22-12)19(24)13(2)26-15-9-7-14(8-10-15)20-23-21-11-25-20/h3-11,13,22H,1-2H3/t13-/m1/s1. The van der Waals surface area contributed by atoms with Crippen LogP contribution in [0.5, 0.6) is 5.75 Å². The minimum Gasteiger partial charge on any atom is -0.483 e. The number of para-hydroxylation sites is 1. The van der Waals surface area contributed by atoms with Crippen LogP contribution in [0.4, 0.5) is 0 Å². The molecule has 0 aliphatic rings. The van der Waals surface area contributed by atoms with E-state index in [1.807, 2.05) is 43.3 Å². The van der Waals surface area contributed by atoms with Gasteiger partial charge in [-0.2, -0.15) is 0 Å². The predicted molar refractivity (Wildman–Crippen MR) is 97.2 cm³/mol. The molecule has 0 aliphatic heterocycles. The molecule has 0 unspecified atom stereocenters. The highest BCUT2D eigenvalue weighted by Crippen LogP contribution is 2.25. The fourth-order valence-corrected chi connectivity index (χ4v) is 3.03. The Hall–Kier alpha value is -3.41. The second kappa shape index (κ2) is 6.48. The molecule has 26 heavy (non-hydrogen) atoms. The minimum absolute atomic E-state index is 0.0547. The third kappa shape index (κ3) is 2.86. The molecule has 2 heterocycles. The number of carbonyl (C=O) groups is 1. The summed E-state index contributed by atoms with van der Waals surface area (Å²) in [6.45, 7) is 3.66. The molecule has 2 aromatic carbocycles. The normalized spacial score (nSPS) is 12.2. The van der Waals surface area contributed by atoms with Crippen molar-refractivity contribution in [3.05, 3.63) is 66.2 Å². The average molecular weight is 347 g/mol. The Morgan fingerprint density at radius 1 is 1.15 bits per heavy atom. The van der Waals surface area contributed by atoms with Crippen molar-refractivity contribution in [2.24, 2.45) is 0 Å². The van der Waals surface area contributed by atoms with Gasteiger partial charge in [-0.15, -0.1) is 10.2 Å². The van der Waals surface area contributed by atoms with Gasteiger partial charge in [-0.05, 0) is 44.2 Å². The highest BCUT2D eigenvalue weighted by molar-refractivity contribution is 6.11. The molecule has 1 atom stereocenters. The Morgan fingerprint density at radius 2 is 1.92 bits per heavy atom. The number of nitrogens with one attached hydrogen (secondary N) is 1. The number of H-pyrrole nitrogens is 1. The summed E-state index contributed by atoms with van der Waals surface area (Å²) >= 11 is 0. The van der Waals surface area contributed by atoms with E-state index in [0.29, 0.717) is 17.2 Å². The van der Waals surface area contributed by atoms with Gasteiger partial charge < -0.3 is 14.1 Å². The summed E-state index contributed by atoms with van der Waals surface area (Å²) in [4.78, 5) is 16.2. The SMILES string of the molecule is Cc1[nH]c2ccccc2c1C(=O)[C@@H](C)Oc1ccc(-c2nnco2)cc1. The van der Waals surface area contributed by atoms with Gasteiger partial charge in [0.2, 0.25) is 18.1 Å². The smallest absolute Gasteiger partial charge is 0.247 e. The zero-order valence-corrected chi connectivity index (χ0v) is 14.4. The van der Waals surface area contributed by atoms with Gasteiger partial charge in [-0.1, -0.05) is 18.2 Å². The summed E-state index contributed by atoms with van der Waals surface area (Å²) in [6.07, 6.45) is 0.673. The summed E-state index contributed by atoms with van der Waals surface area (Å²) in [7, 11) is 0. The molecule has 0 spiro atoms. The van der Waals surface area contributed by atoms with Gasteiger partial charge in [0, 0.05) is 27.7 Å². The zero-order valence-electron chi connectivity index (χ0n) is 14.4. The van der Waals surface area contributed by atoms with E-state index in [1.54, 1.807) is 19.1 Å². The first-order chi connectivity index (χ1) is 12.6. The summed E-state index contributed by atoms with van der Waals surface area (Å²) in [5.74, 6) is 0.989. The summed E-state index contributed by atoms with van der Waals surface area (Å²) in [5.41, 5.74) is 3.26. The van der Waals surface area contributed by atoms with E-state index in [1.165, 1.54) is 6.39 Å². The molecular formula is C20H17N3O3. The summed E-state index contributed by atoms with van der Waals surface area (Å²) < 4.78 is 11.0. The van der Waals surface area contributed by atoms with E-state index in [-0.39, 0.29) is 5.78 Å². The Kier molecular flexibility index (Phi) is 4.01. The topological polar surface area (TPSA) is 81.0 Å². The molecule has 0 bridgehead atoms. The van der Waals surface area contributed by atoms with Crippen LogP contribution in [-0.4, -0.2) is 27.1 Å². The van der Waals surface area contributed by atoms with Crippen LogP contribution in [0, 0.1) is 6.92 Å². The lowest BCUT2D eigenvalue weighted by Crippen LogP contribution is -2.24. The molecule has 6 heteroatoms. The number of ether oxygens (including phenoxy) is 1. The van der Waals surface area contributed by atoms with Crippen molar-refractivity contribution in [1.29, 1.82) is 0 Å². The third-order valence-electron chi connectivity index (χ3n) is 4.28. The lowest BCUT2D eigenvalue weighted by molar-refractivity contribution is 0.0819. The Balaban J connectivity index is 1.55. The highest BCUT2D eigenvalue weighted by atomic mass is 16.5. The number of nitrogens with zero attached hydrogens (tertiary/aromatic N) is 2. The number of aromatic nitrogens is 3.